The number of fused-ring (bicyclic) bond motifs is 6. The minimum absolute atomic E-state index is 0.856. The topological polar surface area (TPSA) is 16.4 Å². The standard InChI is InChI=1S/C60H39NO/c1-3-16-41(17-4-1)47-28-14-22-43-23-15-30-55(60(43)47)51-34-32-44(38-56(51)42-18-5-2-6-19-42)61(45-33-35-54-53-27-11-12-31-58(53)62-59(54)39-45)57-37-36-50(49-25-9-10-26-52(49)57)48-29-13-21-40-20-7-8-24-46(40)48/h1-39H. The third kappa shape index (κ3) is 5.96. The molecule has 0 N–H and O–H groups in total. The number of furan rings is 1. The molecule has 0 saturated carbocycles. The molecule has 2 nitrogen and oxygen atoms in total. The molecule has 0 aliphatic carbocycles. The minimum atomic E-state index is 0.856. The maximum atomic E-state index is 6.55. The van der Waals surface area contributed by atoms with E-state index in [1.54, 1.807) is 0 Å². The minimum Gasteiger partial charge on any atom is -0.456 e. The van der Waals surface area contributed by atoms with Crippen LogP contribution in [-0.4, -0.2) is 0 Å². The maximum Gasteiger partial charge on any atom is 0.137 e. The van der Waals surface area contributed by atoms with Crippen molar-refractivity contribution in [1.82, 2.24) is 0 Å². The molecule has 62 heavy (non-hydrogen) atoms. The van der Waals surface area contributed by atoms with E-state index in [4.69, 9.17) is 4.42 Å². The number of rotatable bonds is 7. The van der Waals surface area contributed by atoms with E-state index < -0.39 is 0 Å². The van der Waals surface area contributed by atoms with Crippen molar-refractivity contribution < 1.29 is 4.42 Å². The highest BCUT2D eigenvalue weighted by Crippen LogP contribution is 2.47. The van der Waals surface area contributed by atoms with Crippen LogP contribution in [0, 0.1) is 0 Å². The third-order valence-corrected chi connectivity index (χ3v) is 12.5. The molecule has 1 aromatic heterocycles. The van der Waals surface area contributed by atoms with Gasteiger partial charge in [0.05, 0.1) is 5.69 Å². The summed E-state index contributed by atoms with van der Waals surface area (Å²) in [6.07, 6.45) is 0. The van der Waals surface area contributed by atoms with Crippen molar-refractivity contribution in [2.75, 3.05) is 4.90 Å². The summed E-state index contributed by atoms with van der Waals surface area (Å²) in [5, 5.41) is 9.51. The van der Waals surface area contributed by atoms with Crippen LogP contribution in [-0.2, 0) is 0 Å². The van der Waals surface area contributed by atoms with Crippen LogP contribution in [0.3, 0.4) is 0 Å². The molecular weight excluding hydrogens is 751 g/mol. The van der Waals surface area contributed by atoms with Gasteiger partial charge < -0.3 is 9.32 Å². The van der Waals surface area contributed by atoms with Gasteiger partial charge in [0, 0.05) is 33.6 Å². The Bertz CT molecular complexity index is 3630. The van der Waals surface area contributed by atoms with E-state index in [1.165, 1.54) is 60.3 Å². The first-order valence-corrected chi connectivity index (χ1v) is 21.3. The first-order chi connectivity index (χ1) is 30.8. The van der Waals surface area contributed by atoms with Crippen molar-refractivity contribution in [2.45, 2.75) is 0 Å². The molecule has 1 heterocycles. The largest absolute Gasteiger partial charge is 0.456 e. The zero-order valence-corrected chi connectivity index (χ0v) is 33.9. The molecule has 11 aromatic carbocycles. The normalized spacial score (nSPS) is 11.5. The van der Waals surface area contributed by atoms with E-state index in [0.717, 1.165) is 55.5 Å². The fourth-order valence-electron chi connectivity index (χ4n) is 9.64. The number of nitrogens with zero attached hydrogens (tertiary/aromatic N) is 1. The number of hydrogen-bond acceptors (Lipinski definition) is 2. The summed E-state index contributed by atoms with van der Waals surface area (Å²) in [7, 11) is 0. The highest BCUT2D eigenvalue weighted by molar-refractivity contribution is 6.13. The average molecular weight is 790 g/mol. The molecule has 12 aromatic rings. The average Bonchev–Trinajstić information content (AvgIpc) is 3.72. The molecule has 0 aliphatic heterocycles. The molecule has 0 bridgehead atoms. The van der Waals surface area contributed by atoms with E-state index in [0.29, 0.717) is 0 Å². The summed E-state index contributed by atoms with van der Waals surface area (Å²) in [6, 6.07) is 85.6. The van der Waals surface area contributed by atoms with Crippen LogP contribution < -0.4 is 4.90 Å². The Kier molecular flexibility index (Phi) is 8.53. The van der Waals surface area contributed by atoms with Crippen molar-refractivity contribution in [3.63, 3.8) is 0 Å². The highest BCUT2D eigenvalue weighted by Gasteiger charge is 2.22. The lowest BCUT2D eigenvalue weighted by molar-refractivity contribution is 0.669. The van der Waals surface area contributed by atoms with Gasteiger partial charge in [-0.3, -0.25) is 0 Å². The Balaban J connectivity index is 1.12. The van der Waals surface area contributed by atoms with Crippen LogP contribution in [0.4, 0.5) is 17.1 Å². The molecular formula is C60H39NO. The van der Waals surface area contributed by atoms with Gasteiger partial charge in [-0.1, -0.05) is 194 Å². The van der Waals surface area contributed by atoms with Gasteiger partial charge >= 0.3 is 0 Å². The van der Waals surface area contributed by atoms with Crippen LogP contribution >= 0.6 is 0 Å². The lowest BCUT2D eigenvalue weighted by Crippen LogP contribution is -2.11. The van der Waals surface area contributed by atoms with Crippen molar-refractivity contribution in [3.05, 3.63) is 237 Å². The number of anilines is 3. The predicted octanol–water partition coefficient (Wildman–Crippen LogP) is 17.2. The van der Waals surface area contributed by atoms with Gasteiger partial charge in [0.1, 0.15) is 11.2 Å². The maximum absolute atomic E-state index is 6.55. The number of para-hydroxylation sites is 1. The van der Waals surface area contributed by atoms with Gasteiger partial charge in [-0.25, -0.2) is 0 Å². The zero-order valence-electron chi connectivity index (χ0n) is 33.9. The summed E-state index contributed by atoms with van der Waals surface area (Å²) in [5.74, 6) is 0. The van der Waals surface area contributed by atoms with Crippen LogP contribution in [0.5, 0.6) is 0 Å². The molecule has 0 saturated heterocycles. The quantitative estimate of drug-likeness (QED) is 0.160. The van der Waals surface area contributed by atoms with Crippen molar-refractivity contribution in [2.24, 2.45) is 0 Å². The van der Waals surface area contributed by atoms with E-state index in [2.05, 4.69) is 229 Å². The van der Waals surface area contributed by atoms with Crippen LogP contribution in [0.2, 0.25) is 0 Å². The monoisotopic (exact) mass is 789 g/mol. The molecule has 290 valence electrons. The van der Waals surface area contributed by atoms with Crippen LogP contribution in [0.1, 0.15) is 0 Å². The smallest absolute Gasteiger partial charge is 0.137 e. The molecule has 0 spiro atoms. The molecule has 0 fully saturated rings. The van der Waals surface area contributed by atoms with Crippen molar-refractivity contribution >= 4 is 71.3 Å². The van der Waals surface area contributed by atoms with Crippen LogP contribution in [0.15, 0.2) is 241 Å². The summed E-state index contributed by atoms with van der Waals surface area (Å²) in [4.78, 5) is 2.41. The van der Waals surface area contributed by atoms with Gasteiger partial charge in [-0.05, 0) is 108 Å². The summed E-state index contributed by atoms with van der Waals surface area (Å²) >= 11 is 0. The lowest BCUT2D eigenvalue weighted by atomic mass is 9.87. The van der Waals surface area contributed by atoms with Crippen LogP contribution in [0.25, 0.3) is 98.8 Å². The van der Waals surface area contributed by atoms with Gasteiger partial charge in [0.15, 0.2) is 0 Å². The Hall–Kier alpha value is -8.20. The second-order valence-electron chi connectivity index (χ2n) is 16.0. The lowest BCUT2D eigenvalue weighted by Gasteiger charge is -2.29. The highest BCUT2D eigenvalue weighted by atomic mass is 16.3. The molecule has 2 heteroatoms. The molecule has 12 rings (SSSR count). The summed E-state index contributed by atoms with van der Waals surface area (Å²) in [6.45, 7) is 0. The second kappa shape index (κ2) is 14.8. The predicted molar refractivity (Wildman–Crippen MR) is 263 cm³/mol. The van der Waals surface area contributed by atoms with Gasteiger partial charge in [0.2, 0.25) is 0 Å². The Morgan fingerprint density at radius 3 is 1.60 bits per heavy atom. The van der Waals surface area contributed by atoms with E-state index in [9.17, 15) is 0 Å². The third-order valence-electron chi connectivity index (χ3n) is 12.5. The Labute approximate surface area is 360 Å². The Morgan fingerprint density at radius 1 is 0.274 bits per heavy atom. The van der Waals surface area contributed by atoms with Gasteiger partial charge in [-0.2, -0.15) is 0 Å². The van der Waals surface area contributed by atoms with Gasteiger partial charge in [0.25, 0.3) is 0 Å². The van der Waals surface area contributed by atoms with Gasteiger partial charge in [-0.15, -0.1) is 0 Å². The fraction of sp³-hybridized carbons (Fsp3) is 0. The van der Waals surface area contributed by atoms with Crippen molar-refractivity contribution in [1.29, 1.82) is 0 Å². The number of hydrogen-bond donors (Lipinski definition) is 0. The molecule has 0 unspecified atom stereocenters. The molecule has 0 aliphatic rings. The summed E-state index contributed by atoms with van der Waals surface area (Å²) < 4.78 is 6.55. The van der Waals surface area contributed by atoms with E-state index >= 15 is 0 Å². The molecule has 0 atom stereocenters. The SMILES string of the molecule is c1ccc(-c2cc(N(c3ccc4c(c3)oc3ccccc34)c3ccc(-c4cccc5ccccc45)c4ccccc34)ccc2-c2cccc3cccc(-c4ccccc4)c23)cc1. The first-order valence-electron chi connectivity index (χ1n) is 21.3. The van der Waals surface area contributed by atoms with E-state index in [-0.39, 0.29) is 0 Å². The zero-order chi connectivity index (χ0) is 41.0. The molecule has 0 amide bonds. The first kappa shape index (κ1) is 35.7. The number of benzene rings is 11. The summed E-state index contributed by atoms with van der Waals surface area (Å²) in [5.41, 5.74) is 14.4. The van der Waals surface area contributed by atoms with E-state index in [1.807, 2.05) is 12.1 Å². The fourth-order valence-corrected chi connectivity index (χ4v) is 9.64. The van der Waals surface area contributed by atoms with Crippen molar-refractivity contribution in [3.8, 4) is 44.5 Å². The Morgan fingerprint density at radius 2 is 0.806 bits per heavy atom. The second-order valence-corrected chi connectivity index (χ2v) is 16.0. The molecule has 0 radical (unpaired) electrons.